The van der Waals surface area contributed by atoms with Crippen LogP contribution >= 0.6 is 0 Å². The van der Waals surface area contributed by atoms with Crippen molar-refractivity contribution in [1.82, 2.24) is 0 Å². The van der Waals surface area contributed by atoms with Gasteiger partial charge in [0.25, 0.3) is 0 Å². The number of allylic oxidation sites excluding steroid dienone is 1. The van der Waals surface area contributed by atoms with Crippen LogP contribution in [-0.2, 0) is 39.9 Å². The minimum absolute atomic E-state index is 0.209. The fraction of sp³-hybridized carbons (Fsp3) is 0.467. The van der Waals surface area contributed by atoms with E-state index in [1.165, 1.54) is 25.7 Å². The molecule has 0 bridgehead atoms. The van der Waals surface area contributed by atoms with E-state index in [0.717, 1.165) is 5.56 Å². The molecule has 9 nitrogen and oxygen atoms in total. The summed E-state index contributed by atoms with van der Waals surface area (Å²) in [6.45, 7) is 4.18. The number of hydrogen-bond acceptors (Lipinski definition) is 9. The first-order chi connectivity index (χ1) is 18.6. The lowest BCUT2D eigenvalue weighted by Gasteiger charge is -2.59. The smallest absolute Gasteiger partial charge is 0.343 e. The molecule has 0 radical (unpaired) electrons. The summed E-state index contributed by atoms with van der Waals surface area (Å²) in [7, 11) is 2.87. The number of carbonyl (C=O) groups is 4. The van der Waals surface area contributed by atoms with Crippen LogP contribution in [0.2, 0.25) is 0 Å². The number of cyclic esters (lactones) is 1. The third kappa shape index (κ3) is 4.48. The number of ketones is 1. The van der Waals surface area contributed by atoms with Gasteiger partial charge in [0.2, 0.25) is 5.78 Å². The summed E-state index contributed by atoms with van der Waals surface area (Å²) in [6, 6.07) is 8.40. The molecule has 2 heterocycles. The van der Waals surface area contributed by atoms with Crippen molar-refractivity contribution in [3.8, 4) is 0 Å². The largest absolute Gasteiger partial charge is 0.472 e. The Balaban J connectivity index is 1.52. The monoisotopic (exact) mass is 536 g/mol. The van der Waals surface area contributed by atoms with E-state index in [0.29, 0.717) is 31.4 Å². The predicted octanol–water partition coefficient (Wildman–Crippen LogP) is 4.57. The molecule has 39 heavy (non-hydrogen) atoms. The molecule has 0 spiro atoms. The molecule has 5 rings (SSSR count). The van der Waals surface area contributed by atoms with Crippen molar-refractivity contribution >= 4 is 23.7 Å². The fourth-order valence-corrected chi connectivity index (χ4v) is 6.95. The molecule has 0 unspecified atom stereocenters. The van der Waals surface area contributed by atoms with Crippen molar-refractivity contribution in [3.63, 3.8) is 0 Å². The quantitative estimate of drug-likeness (QED) is 0.386. The number of furan rings is 1. The molecule has 1 aromatic heterocycles. The van der Waals surface area contributed by atoms with Gasteiger partial charge in [0, 0.05) is 18.6 Å². The van der Waals surface area contributed by atoms with Gasteiger partial charge in [-0.05, 0) is 59.9 Å². The molecule has 1 aromatic carbocycles. The van der Waals surface area contributed by atoms with Crippen molar-refractivity contribution < 1.29 is 42.5 Å². The zero-order valence-electron chi connectivity index (χ0n) is 22.4. The van der Waals surface area contributed by atoms with E-state index in [1.54, 1.807) is 37.4 Å². The van der Waals surface area contributed by atoms with Crippen LogP contribution in [0.15, 0.2) is 59.1 Å². The van der Waals surface area contributed by atoms with Crippen molar-refractivity contribution in [1.29, 1.82) is 0 Å². The van der Waals surface area contributed by atoms with Crippen LogP contribution in [0.25, 0.3) is 0 Å². The Morgan fingerprint density at radius 1 is 1.05 bits per heavy atom. The summed E-state index contributed by atoms with van der Waals surface area (Å²) < 4.78 is 26.9. The van der Waals surface area contributed by atoms with E-state index in [4.69, 9.17) is 23.4 Å². The van der Waals surface area contributed by atoms with Crippen LogP contribution in [0.1, 0.15) is 60.7 Å². The molecule has 1 saturated heterocycles. The molecule has 206 valence electrons. The lowest BCUT2D eigenvalue weighted by atomic mass is 9.44. The first-order valence-electron chi connectivity index (χ1n) is 13.0. The number of methoxy groups -OCH3 is 2. The molecule has 3 aliphatic rings. The maximum Gasteiger partial charge on any atom is 0.343 e. The fourth-order valence-electron chi connectivity index (χ4n) is 6.95. The average Bonchev–Trinajstić information content (AvgIpc) is 3.45. The SMILES string of the molecule is COCc1ccc(C(=O)OC2=C[C@@H](C(=O)OC)[C@]3(C)CC[C@H]4C(=O)O[C@H](c5ccoc5)C[C@]4(C)[C@H]3C2=O)cc1. The van der Waals surface area contributed by atoms with Crippen LogP contribution in [0.4, 0.5) is 0 Å². The Bertz CT molecular complexity index is 1310. The Morgan fingerprint density at radius 3 is 2.44 bits per heavy atom. The predicted molar refractivity (Wildman–Crippen MR) is 136 cm³/mol. The van der Waals surface area contributed by atoms with E-state index in [-0.39, 0.29) is 17.3 Å². The van der Waals surface area contributed by atoms with E-state index in [1.807, 2.05) is 13.8 Å². The molecule has 2 aliphatic carbocycles. The number of benzene rings is 1. The Kier molecular flexibility index (Phi) is 6.97. The highest BCUT2D eigenvalue weighted by Gasteiger charge is 2.66. The van der Waals surface area contributed by atoms with Crippen LogP contribution in [-0.4, -0.2) is 37.9 Å². The summed E-state index contributed by atoms with van der Waals surface area (Å²) in [5.41, 5.74) is 0.0938. The van der Waals surface area contributed by atoms with Gasteiger partial charge < -0.3 is 23.4 Å². The second-order valence-electron chi connectivity index (χ2n) is 11.1. The van der Waals surface area contributed by atoms with Gasteiger partial charge in [-0.1, -0.05) is 26.0 Å². The molecule has 2 aromatic rings. The first kappa shape index (κ1) is 26.9. The molecule has 1 saturated carbocycles. The van der Waals surface area contributed by atoms with Gasteiger partial charge in [0.1, 0.15) is 6.10 Å². The minimum Gasteiger partial charge on any atom is -0.472 e. The average molecular weight is 537 g/mol. The lowest BCUT2D eigenvalue weighted by molar-refractivity contribution is -0.197. The zero-order chi connectivity index (χ0) is 27.9. The molecule has 1 aliphatic heterocycles. The van der Waals surface area contributed by atoms with Gasteiger partial charge in [-0.2, -0.15) is 0 Å². The van der Waals surface area contributed by atoms with Gasteiger partial charge in [0.15, 0.2) is 5.76 Å². The normalized spacial score (nSPS) is 31.8. The van der Waals surface area contributed by atoms with E-state index >= 15 is 0 Å². The number of esters is 3. The molecule has 2 fully saturated rings. The van der Waals surface area contributed by atoms with Crippen molar-refractivity contribution in [2.24, 2.45) is 28.6 Å². The summed E-state index contributed by atoms with van der Waals surface area (Å²) in [5, 5.41) is 0. The minimum atomic E-state index is -0.874. The van der Waals surface area contributed by atoms with Crippen molar-refractivity contribution in [3.05, 3.63) is 71.4 Å². The molecular formula is C30H32O9. The van der Waals surface area contributed by atoms with E-state index in [2.05, 4.69) is 0 Å². The van der Waals surface area contributed by atoms with Gasteiger partial charge in [-0.15, -0.1) is 0 Å². The zero-order valence-corrected chi connectivity index (χ0v) is 22.4. The second-order valence-corrected chi connectivity index (χ2v) is 11.1. The Morgan fingerprint density at radius 2 is 1.79 bits per heavy atom. The van der Waals surface area contributed by atoms with E-state index in [9.17, 15) is 19.2 Å². The number of ether oxygens (including phenoxy) is 4. The molecular weight excluding hydrogens is 504 g/mol. The number of carbonyl (C=O) groups excluding carboxylic acids is 4. The highest BCUT2D eigenvalue weighted by molar-refractivity contribution is 6.03. The van der Waals surface area contributed by atoms with Gasteiger partial charge >= 0.3 is 17.9 Å². The van der Waals surface area contributed by atoms with Gasteiger partial charge in [-0.25, -0.2) is 4.79 Å². The highest BCUT2D eigenvalue weighted by Crippen LogP contribution is 2.64. The Hall–Kier alpha value is -3.72. The summed E-state index contributed by atoms with van der Waals surface area (Å²) in [4.78, 5) is 53.6. The molecule has 0 N–H and O–H groups in total. The maximum atomic E-state index is 14.2. The van der Waals surface area contributed by atoms with Crippen LogP contribution in [0.5, 0.6) is 0 Å². The van der Waals surface area contributed by atoms with E-state index < -0.39 is 52.4 Å². The van der Waals surface area contributed by atoms with Crippen LogP contribution < -0.4 is 0 Å². The number of Topliss-reactive ketones (excluding diaryl/α,β-unsaturated/α-hetero) is 1. The van der Waals surface area contributed by atoms with Gasteiger partial charge in [-0.3, -0.25) is 14.4 Å². The van der Waals surface area contributed by atoms with Crippen molar-refractivity contribution in [2.75, 3.05) is 14.2 Å². The number of hydrogen-bond donors (Lipinski definition) is 0. The standard InChI is InChI=1S/C30H32O9/c1-29-11-9-20-28(34)39-23(19-10-12-37-16-19)14-30(20,2)25(29)24(31)22(13-21(29)27(33)36-4)38-26(32)18-7-5-17(6-8-18)15-35-3/h5-8,10,12-13,16,20-21,23,25H,9,11,14-15H2,1-4H3/t20-,21-,23-,25-,29-,30-/m0/s1. The van der Waals surface area contributed by atoms with Crippen LogP contribution in [0.3, 0.4) is 0 Å². The maximum absolute atomic E-state index is 14.2. The topological polar surface area (TPSA) is 118 Å². The third-order valence-corrected chi connectivity index (χ3v) is 8.86. The summed E-state index contributed by atoms with van der Waals surface area (Å²) >= 11 is 0. The third-order valence-electron chi connectivity index (χ3n) is 8.86. The molecule has 6 atom stereocenters. The first-order valence-corrected chi connectivity index (χ1v) is 13.0. The van der Waals surface area contributed by atoms with Crippen LogP contribution in [0, 0.1) is 28.6 Å². The number of fused-ring (bicyclic) bond motifs is 3. The molecule has 0 amide bonds. The van der Waals surface area contributed by atoms with Gasteiger partial charge in [0.05, 0.1) is 43.6 Å². The number of rotatable bonds is 6. The van der Waals surface area contributed by atoms with Crippen molar-refractivity contribution in [2.45, 2.75) is 45.8 Å². The lowest BCUT2D eigenvalue weighted by Crippen LogP contribution is -2.61. The second kappa shape index (κ2) is 10.1. The highest BCUT2D eigenvalue weighted by atomic mass is 16.6. The summed E-state index contributed by atoms with van der Waals surface area (Å²) in [5.74, 6) is -4.45. The Labute approximate surface area is 226 Å². The molecule has 9 heteroatoms. The summed E-state index contributed by atoms with van der Waals surface area (Å²) in [6.07, 6.45) is 5.07.